The van der Waals surface area contributed by atoms with E-state index in [0.717, 1.165) is 17.1 Å². The largest absolute Gasteiger partial charge is 0.322 e. The first-order chi connectivity index (χ1) is 8.09. The lowest BCUT2D eigenvalue weighted by Crippen LogP contribution is -2.13. The zero-order valence-electron chi connectivity index (χ0n) is 10.2. The van der Waals surface area contributed by atoms with E-state index in [2.05, 4.69) is 10.4 Å². The van der Waals surface area contributed by atoms with Crippen molar-refractivity contribution >= 4 is 11.6 Å². The van der Waals surface area contributed by atoms with Gasteiger partial charge in [0.15, 0.2) is 0 Å². The highest BCUT2D eigenvalue weighted by atomic mass is 16.1. The summed E-state index contributed by atoms with van der Waals surface area (Å²) < 4.78 is 1.72. The molecule has 0 saturated heterocycles. The molecule has 17 heavy (non-hydrogen) atoms. The molecule has 0 saturated carbocycles. The number of para-hydroxylation sites is 1. The molecule has 1 N–H and O–H groups in total. The van der Waals surface area contributed by atoms with E-state index in [9.17, 15) is 4.79 Å². The number of carbonyl (C=O) groups is 1. The van der Waals surface area contributed by atoms with Gasteiger partial charge in [-0.2, -0.15) is 5.10 Å². The predicted octanol–water partition coefficient (Wildman–Crippen LogP) is 2.29. The van der Waals surface area contributed by atoms with Crippen LogP contribution in [-0.2, 0) is 7.05 Å². The summed E-state index contributed by atoms with van der Waals surface area (Å²) in [6.45, 7) is 3.73. The van der Waals surface area contributed by atoms with Gasteiger partial charge in [-0.05, 0) is 26.0 Å². The molecule has 2 aromatic rings. The van der Waals surface area contributed by atoms with Crippen LogP contribution in [0.25, 0.3) is 0 Å². The van der Waals surface area contributed by atoms with Gasteiger partial charge in [0.25, 0.3) is 5.91 Å². The van der Waals surface area contributed by atoms with Crippen molar-refractivity contribution in [1.29, 1.82) is 0 Å². The molecule has 4 heteroatoms. The Morgan fingerprint density at radius 2 is 1.88 bits per heavy atom. The smallest absolute Gasteiger partial charge is 0.259 e. The minimum absolute atomic E-state index is 0.112. The lowest BCUT2D eigenvalue weighted by atomic mass is 10.2. The Labute approximate surface area is 100 Å². The summed E-state index contributed by atoms with van der Waals surface area (Å²) in [4.78, 5) is 12.1. The Hall–Kier alpha value is -2.10. The Kier molecular flexibility index (Phi) is 2.95. The zero-order chi connectivity index (χ0) is 12.4. The lowest BCUT2D eigenvalue weighted by Gasteiger charge is -2.05. The Morgan fingerprint density at radius 1 is 1.24 bits per heavy atom. The van der Waals surface area contributed by atoms with Gasteiger partial charge in [0.1, 0.15) is 0 Å². The monoisotopic (exact) mass is 229 g/mol. The van der Waals surface area contributed by atoms with E-state index in [-0.39, 0.29) is 5.91 Å². The maximum absolute atomic E-state index is 12.1. The van der Waals surface area contributed by atoms with Crippen molar-refractivity contribution in [3.8, 4) is 0 Å². The summed E-state index contributed by atoms with van der Waals surface area (Å²) in [7, 11) is 1.83. The number of nitrogens with zero attached hydrogens (tertiary/aromatic N) is 2. The second-order valence-corrected chi connectivity index (χ2v) is 3.99. The maximum atomic E-state index is 12.1. The molecule has 0 radical (unpaired) electrons. The minimum atomic E-state index is -0.112. The average Bonchev–Trinajstić information content (AvgIpc) is 2.54. The molecule has 4 nitrogen and oxygen atoms in total. The molecule has 0 bridgehead atoms. The quantitative estimate of drug-likeness (QED) is 0.858. The van der Waals surface area contributed by atoms with E-state index in [1.54, 1.807) is 4.68 Å². The van der Waals surface area contributed by atoms with E-state index in [1.807, 2.05) is 51.2 Å². The van der Waals surface area contributed by atoms with E-state index >= 15 is 0 Å². The van der Waals surface area contributed by atoms with Crippen molar-refractivity contribution in [2.45, 2.75) is 13.8 Å². The summed E-state index contributed by atoms with van der Waals surface area (Å²) in [5.41, 5.74) is 3.06. The summed E-state index contributed by atoms with van der Waals surface area (Å²) in [6.07, 6.45) is 0. The average molecular weight is 229 g/mol. The van der Waals surface area contributed by atoms with Crippen LogP contribution in [0.1, 0.15) is 21.7 Å². The topological polar surface area (TPSA) is 46.9 Å². The summed E-state index contributed by atoms with van der Waals surface area (Å²) in [5.74, 6) is -0.112. The van der Waals surface area contributed by atoms with E-state index in [1.165, 1.54) is 0 Å². The third-order valence-electron chi connectivity index (χ3n) is 2.77. The van der Waals surface area contributed by atoms with Gasteiger partial charge < -0.3 is 5.32 Å². The van der Waals surface area contributed by atoms with Crippen molar-refractivity contribution in [1.82, 2.24) is 9.78 Å². The second kappa shape index (κ2) is 4.41. The van der Waals surface area contributed by atoms with E-state index < -0.39 is 0 Å². The molecule has 1 amide bonds. The molecule has 0 aliphatic carbocycles. The van der Waals surface area contributed by atoms with Crippen LogP contribution in [0.3, 0.4) is 0 Å². The van der Waals surface area contributed by atoms with E-state index in [4.69, 9.17) is 0 Å². The van der Waals surface area contributed by atoms with Gasteiger partial charge in [-0.3, -0.25) is 9.48 Å². The van der Waals surface area contributed by atoms with Gasteiger partial charge in [-0.25, -0.2) is 0 Å². The number of hydrogen-bond acceptors (Lipinski definition) is 2. The number of aromatic nitrogens is 2. The third kappa shape index (κ3) is 2.20. The lowest BCUT2D eigenvalue weighted by molar-refractivity contribution is 0.102. The van der Waals surface area contributed by atoms with Crippen molar-refractivity contribution in [3.63, 3.8) is 0 Å². The molecule has 0 spiro atoms. The molecule has 2 rings (SSSR count). The van der Waals surface area contributed by atoms with Gasteiger partial charge in [-0.1, -0.05) is 18.2 Å². The molecule has 1 heterocycles. The van der Waals surface area contributed by atoms with Gasteiger partial charge in [0, 0.05) is 18.4 Å². The van der Waals surface area contributed by atoms with Crippen molar-refractivity contribution < 1.29 is 4.79 Å². The predicted molar refractivity (Wildman–Crippen MR) is 67.1 cm³/mol. The molecule has 0 aliphatic heterocycles. The minimum Gasteiger partial charge on any atom is -0.322 e. The van der Waals surface area contributed by atoms with Crippen LogP contribution in [0.5, 0.6) is 0 Å². The normalized spacial score (nSPS) is 10.3. The molecule has 0 atom stereocenters. The van der Waals surface area contributed by atoms with Gasteiger partial charge >= 0.3 is 0 Å². The molecule has 0 fully saturated rings. The molecule has 88 valence electrons. The Balaban J connectivity index is 2.27. The first kappa shape index (κ1) is 11.4. The van der Waals surface area contributed by atoms with Crippen LogP contribution in [0.15, 0.2) is 30.3 Å². The maximum Gasteiger partial charge on any atom is 0.259 e. The number of anilines is 1. The van der Waals surface area contributed by atoms with Gasteiger partial charge in [-0.15, -0.1) is 0 Å². The second-order valence-electron chi connectivity index (χ2n) is 3.99. The number of amides is 1. The standard InChI is InChI=1S/C13H15N3O/c1-9-12(10(2)16(3)15-9)13(17)14-11-7-5-4-6-8-11/h4-8H,1-3H3,(H,14,17). The molecule has 1 aromatic carbocycles. The van der Waals surface area contributed by atoms with Crippen LogP contribution in [-0.4, -0.2) is 15.7 Å². The first-order valence-electron chi connectivity index (χ1n) is 5.46. The number of hydrogen-bond donors (Lipinski definition) is 1. The van der Waals surface area contributed by atoms with E-state index in [0.29, 0.717) is 5.56 Å². The first-order valence-corrected chi connectivity index (χ1v) is 5.46. The number of carbonyl (C=O) groups excluding carboxylic acids is 1. The van der Waals surface area contributed by atoms with Crippen LogP contribution in [0.2, 0.25) is 0 Å². The SMILES string of the molecule is Cc1nn(C)c(C)c1C(=O)Nc1ccccc1. The van der Waals surface area contributed by atoms with Crippen molar-refractivity contribution in [3.05, 3.63) is 47.3 Å². The van der Waals surface area contributed by atoms with Crippen LogP contribution in [0.4, 0.5) is 5.69 Å². The van der Waals surface area contributed by atoms with Crippen LogP contribution in [0, 0.1) is 13.8 Å². The fraction of sp³-hybridized carbons (Fsp3) is 0.231. The summed E-state index contributed by atoms with van der Waals surface area (Å²) in [5, 5.41) is 7.09. The van der Waals surface area contributed by atoms with Crippen LogP contribution >= 0.6 is 0 Å². The Bertz CT molecular complexity index is 543. The summed E-state index contributed by atoms with van der Waals surface area (Å²) >= 11 is 0. The highest BCUT2D eigenvalue weighted by Crippen LogP contribution is 2.14. The zero-order valence-corrected chi connectivity index (χ0v) is 10.2. The highest BCUT2D eigenvalue weighted by Gasteiger charge is 2.16. The highest BCUT2D eigenvalue weighted by molar-refractivity contribution is 6.05. The Morgan fingerprint density at radius 3 is 2.41 bits per heavy atom. The van der Waals surface area contributed by atoms with Gasteiger partial charge in [0.2, 0.25) is 0 Å². The molecule has 0 unspecified atom stereocenters. The molecule has 0 aliphatic rings. The number of benzene rings is 1. The summed E-state index contributed by atoms with van der Waals surface area (Å²) in [6, 6.07) is 9.41. The number of aryl methyl sites for hydroxylation is 2. The fourth-order valence-corrected chi connectivity index (χ4v) is 1.82. The molecular weight excluding hydrogens is 214 g/mol. The van der Waals surface area contributed by atoms with Crippen molar-refractivity contribution in [2.24, 2.45) is 7.05 Å². The third-order valence-corrected chi connectivity index (χ3v) is 2.77. The fourth-order valence-electron chi connectivity index (χ4n) is 1.82. The van der Waals surface area contributed by atoms with Crippen molar-refractivity contribution in [2.75, 3.05) is 5.32 Å². The van der Waals surface area contributed by atoms with Crippen LogP contribution < -0.4 is 5.32 Å². The molecule has 1 aromatic heterocycles. The van der Waals surface area contributed by atoms with Gasteiger partial charge in [0.05, 0.1) is 11.3 Å². The number of nitrogens with one attached hydrogen (secondary N) is 1. The number of rotatable bonds is 2. The molecular formula is C13H15N3O.